The number of benzene rings is 1. The molecule has 0 bridgehead atoms. The molecule has 0 radical (unpaired) electrons. The predicted molar refractivity (Wildman–Crippen MR) is 63.8 cm³/mol. The van der Waals surface area contributed by atoms with E-state index < -0.39 is 6.10 Å². The number of carbonyl (C=O) groups excluding carboxylic acids is 1. The Morgan fingerprint density at radius 3 is 2.53 bits per heavy atom. The molecule has 0 aromatic heterocycles. The van der Waals surface area contributed by atoms with Crippen LogP contribution in [0.15, 0.2) is 40.9 Å². The van der Waals surface area contributed by atoms with Crippen LogP contribution in [-0.2, 0) is 11.2 Å². The second kappa shape index (κ2) is 5.83. The van der Waals surface area contributed by atoms with E-state index in [0.717, 1.165) is 5.56 Å². The van der Waals surface area contributed by atoms with Gasteiger partial charge in [0, 0.05) is 12.0 Å². The van der Waals surface area contributed by atoms with Crippen LogP contribution in [0.5, 0.6) is 0 Å². The van der Waals surface area contributed by atoms with Crippen LogP contribution in [0, 0.1) is 0 Å². The predicted octanol–water partition coefficient (Wildman–Crippen LogP) is 2.46. The van der Waals surface area contributed by atoms with E-state index in [1.807, 2.05) is 30.3 Å². The van der Waals surface area contributed by atoms with Crippen molar-refractivity contribution in [1.82, 2.24) is 0 Å². The first-order chi connectivity index (χ1) is 7.15. The van der Waals surface area contributed by atoms with Gasteiger partial charge in [-0.25, -0.2) is 0 Å². The summed E-state index contributed by atoms with van der Waals surface area (Å²) < 4.78 is 0. The van der Waals surface area contributed by atoms with Crippen LogP contribution < -0.4 is 0 Å². The Kier molecular flexibility index (Phi) is 4.72. The van der Waals surface area contributed by atoms with Gasteiger partial charge in [-0.05, 0) is 17.5 Å². The van der Waals surface area contributed by atoms with E-state index in [-0.39, 0.29) is 5.78 Å². The second-order valence-corrected chi connectivity index (χ2v) is 3.78. The maximum absolute atomic E-state index is 11.1. The van der Waals surface area contributed by atoms with E-state index in [1.54, 1.807) is 0 Å². The van der Waals surface area contributed by atoms with Gasteiger partial charge in [-0.3, -0.25) is 4.79 Å². The Hall–Kier alpha value is -0.930. The highest BCUT2D eigenvalue weighted by Crippen LogP contribution is 2.12. The summed E-state index contributed by atoms with van der Waals surface area (Å²) in [6, 6.07) is 9.59. The van der Waals surface area contributed by atoms with Crippen molar-refractivity contribution >= 4 is 21.7 Å². The lowest BCUT2D eigenvalue weighted by Gasteiger charge is -2.11. The van der Waals surface area contributed by atoms with E-state index in [1.165, 1.54) is 11.9 Å². The van der Waals surface area contributed by atoms with E-state index in [4.69, 9.17) is 0 Å². The number of aliphatic hydroxyl groups is 1. The first-order valence-corrected chi connectivity index (χ1v) is 5.60. The molecule has 1 aromatic rings. The molecule has 0 aliphatic carbocycles. The maximum Gasteiger partial charge on any atom is 0.158 e. The highest BCUT2D eigenvalue weighted by atomic mass is 79.9. The summed E-state index contributed by atoms with van der Waals surface area (Å²) in [5, 5.41) is 9.81. The number of carbonyl (C=O) groups is 1. The van der Waals surface area contributed by atoms with Gasteiger partial charge in [0.15, 0.2) is 5.78 Å². The van der Waals surface area contributed by atoms with Gasteiger partial charge >= 0.3 is 0 Å². The van der Waals surface area contributed by atoms with Crippen molar-refractivity contribution in [3.05, 3.63) is 46.5 Å². The molecule has 1 aromatic carbocycles. The minimum atomic E-state index is -0.746. The SMILES string of the molecule is CC(=O)/C(=C/Br)C(O)Cc1ccccc1. The molecular formula is C12H13BrO2. The normalized spacial score (nSPS) is 13.7. The van der Waals surface area contributed by atoms with Crippen LogP contribution in [0.3, 0.4) is 0 Å². The Bertz CT molecular complexity index is 357. The first kappa shape index (κ1) is 12.1. The molecule has 1 rings (SSSR count). The minimum absolute atomic E-state index is 0.115. The quantitative estimate of drug-likeness (QED) is 0.852. The van der Waals surface area contributed by atoms with Gasteiger partial charge < -0.3 is 5.11 Å². The average Bonchev–Trinajstić information content (AvgIpc) is 2.19. The van der Waals surface area contributed by atoms with Crippen molar-refractivity contribution in [3.8, 4) is 0 Å². The zero-order chi connectivity index (χ0) is 11.3. The molecule has 15 heavy (non-hydrogen) atoms. The minimum Gasteiger partial charge on any atom is -0.388 e. The standard InChI is InChI=1S/C12H13BrO2/c1-9(14)11(8-13)12(15)7-10-5-3-2-4-6-10/h2-6,8,12,15H,7H2,1H3/b11-8-. The van der Waals surface area contributed by atoms with E-state index >= 15 is 0 Å². The van der Waals surface area contributed by atoms with Crippen molar-refractivity contribution in [2.45, 2.75) is 19.4 Å². The lowest BCUT2D eigenvalue weighted by molar-refractivity contribution is -0.114. The van der Waals surface area contributed by atoms with Gasteiger partial charge in [-0.15, -0.1) is 0 Å². The van der Waals surface area contributed by atoms with Gasteiger partial charge in [0.05, 0.1) is 6.10 Å². The molecule has 0 aliphatic heterocycles. The van der Waals surface area contributed by atoms with Crippen molar-refractivity contribution in [2.75, 3.05) is 0 Å². The molecule has 0 saturated carbocycles. The molecule has 1 atom stereocenters. The summed E-state index contributed by atoms with van der Waals surface area (Å²) in [7, 11) is 0. The van der Waals surface area contributed by atoms with Gasteiger partial charge in [0.25, 0.3) is 0 Å². The number of hydrogen-bond donors (Lipinski definition) is 1. The highest BCUT2D eigenvalue weighted by molar-refractivity contribution is 9.11. The molecule has 1 unspecified atom stereocenters. The smallest absolute Gasteiger partial charge is 0.158 e. The van der Waals surface area contributed by atoms with E-state index in [2.05, 4.69) is 15.9 Å². The summed E-state index contributed by atoms with van der Waals surface area (Å²) in [5.74, 6) is -0.115. The molecule has 0 aliphatic rings. The molecule has 0 saturated heterocycles. The zero-order valence-corrected chi connectivity index (χ0v) is 10.1. The summed E-state index contributed by atoms with van der Waals surface area (Å²) in [4.78, 5) is 12.6. The molecule has 80 valence electrons. The molecule has 1 N–H and O–H groups in total. The zero-order valence-electron chi connectivity index (χ0n) is 8.48. The molecule has 0 spiro atoms. The fourth-order valence-corrected chi connectivity index (χ4v) is 1.96. The lowest BCUT2D eigenvalue weighted by Crippen LogP contribution is -2.18. The van der Waals surface area contributed by atoms with Crippen LogP contribution >= 0.6 is 15.9 Å². The van der Waals surface area contributed by atoms with E-state index in [9.17, 15) is 9.90 Å². The number of rotatable bonds is 4. The molecule has 0 amide bonds. The third-order valence-corrected chi connectivity index (χ3v) is 2.65. The Morgan fingerprint density at radius 1 is 1.47 bits per heavy atom. The molecule has 2 nitrogen and oxygen atoms in total. The van der Waals surface area contributed by atoms with Gasteiger partial charge in [0.1, 0.15) is 0 Å². The van der Waals surface area contributed by atoms with Crippen molar-refractivity contribution in [2.24, 2.45) is 0 Å². The highest BCUT2D eigenvalue weighted by Gasteiger charge is 2.14. The fraction of sp³-hybridized carbons (Fsp3) is 0.250. The number of halogens is 1. The third kappa shape index (κ3) is 3.61. The fourth-order valence-electron chi connectivity index (χ4n) is 1.33. The monoisotopic (exact) mass is 268 g/mol. The van der Waals surface area contributed by atoms with Crippen molar-refractivity contribution < 1.29 is 9.90 Å². The third-order valence-electron chi connectivity index (χ3n) is 2.15. The molecule has 0 heterocycles. The van der Waals surface area contributed by atoms with Crippen LogP contribution in [0.1, 0.15) is 12.5 Å². The number of aliphatic hydroxyl groups excluding tert-OH is 1. The summed E-state index contributed by atoms with van der Waals surface area (Å²) in [6.45, 7) is 1.45. The number of Topliss-reactive ketones (excluding diaryl/α,β-unsaturated/α-hetero) is 1. The Balaban J connectivity index is 2.71. The average molecular weight is 269 g/mol. The Morgan fingerprint density at radius 2 is 2.07 bits per heavy atom. The van der Waals surface area contributed by atoms with Crippen LogP contribution in [0.25, 0.3) is 0 Å². The molecule has 3 heteroatoms. The topological polar surface area (TPSA) is 37.3 Å². The first-order valence-electron chi connectivity index (χ1n) is 4.68. The Labute approximate surface area is 97.8 Å². The van der Waals surface area contributed by atoms with Gasteiger partial charge in [0.2, 0.25) is 0 Å². The number of hydrogen-bond acceptors (Lipinski definition) is 2. The summed E-state index contributed by atoms with van der Waals surface area (Å²) in [6.07, 6.45) is -0.290. The van der Waals surface area contributed by atoms with Crippen molar-refractivity contribution in [3.63, 3.8) is 0 Å². The van der Waals surface area contributed by atoms with Crippen LogP contribution in [0.2, 0.25) is 0 Å². The van der Waals surface area contributed by atoms with Crippen LogP contribution in [0.4, 0.5) is 0 Å². The van der Waals surface area contributed by atoms with Gasteiger partial charge in [-0.1, -0.05) is 46.3 Å². The van der Waals surface area contributed by atoms with Crippen molar-refractivity contribution in [1.29, 1.82) is 0 Å². The maximum atomic E-state index is 11.1. The summed E-state index contributed by atoms with van der Waals surface area (Å²) in [5.41, 5.74) is 1.41. The lowest BCUT2D eigenvalue weighted by atomic mass is 10.0. The largest absolute Gasteiger partial charge is 0.388 e. The van der Waals surface area contributed by atoms with Crippen LogP contribution in [-0.4, -0.2) is 17.0 Å². The molecule has 0 fully saturated rings. The number of ketones is 1. The van der Waals surface area contributed by atoms with E-state index in [0.29, 0.717) is 12.0 Å². The second-order valence-electron chi connectivity index (χ2n) is 3.33. The summed E-state index contributed by atoms with van der Waals surface area (Å²) >= 11 is 3.09. The van der Waals surface area contributed by atoms with Gasteiger partial charge in [-0.2, -0.15) is 0 Å². The molecular weight excluding hydrogens is 256 g/mol.